The zero-order chi connectivity index (χ0) is 39.1. The molecule has 3 heteroatoms. The van der Waals surface area contributed by atoms with Crippen LogP contribution in [0.25, 0.3) is 60.5 Å². The fourth-order valence-corrected chi connectivity index (χ4v) is 8.82. The summed E-state index contributed by atoms with van der Waals surface area (Å²) in [4.78, 5) is 4.65. The van der Waals surface area contributed by atoms with Crippen molar-refractivity contribution in [3.8, 4) is 27.9 Å². The fourth-order valence-electron chi connectivity index (χ4n) is 8.82. The topological polar surface area (TPSA) is 11.4 Å². The van der Waals surface area contributed by atoms with Gasteiger partial charge in [0.05, 0.1) is 11.0 Å². The van der Waals surface area contributed by atoms with Crippen molar-refractivity contribution >= 4 is 66.7 Å². The maximum atomic E-state index is 2.41. The zero-order valence-corrected chi connectivity index (χ0v) is 32.4. The highest BCUT2D eigenvalue weighted by molar-refractivity contribution is 6.26. The molecule has 0 saturated carbocycles. The van der Waals surface area contributed by atoms with Crippen molar-refractivity contribution in [3.05, 3.63) is 237 Å². The van der Waals surface area contributed by atoms with E-state index < -0.39 is 0 Å². The molecule has 0 radical (unpaired) electrons. The molecule has 1 aromatic heterocycles. The highest BCUT2D eigenvalue weighted by Crippen LogP contribution is 2.44. The van der Waals surface area contributed by atoms with Crippen LogP contribution in [-0.4, -0.2) is 4.57 Å². The predicted octanol–water partition coefficient (Wildman–Crippen LogP) is 15.6. The molecular weight excluding hydrogens is 715 g/mol. The van der Waals surface area contributed by atoms with Crippen LogP contribution in [-0.2, 0) is 0 Å². The Hall–Kier alpha value is -7.88. The van der Waals surface area contributed by atoms with E-state index in [1.54, 1.807) is 0 Å². The van der Waals surface area contributed by atoms with Crippen LogP contribution >= 0.6 is 0 Å². The summed E-state index contributed by atoms with van der Waals surface area (Å²) >= 11 is 0. The summed E-state index contributed by atoms with van der Waals surface area (Å²) < 4.78 is 2.41. The third kappa shape index (κ3) is 6.08. The molecule has 0 amide bonds. The molecule has 0 N–H and O–H groups in total. The number of hydrogen-bond donors (Lipinski definition) is 0. The van der Waals surface area contributed by atoms with Gasteiger partial charge in [-0.05, 0) is 130 Å². The van der Waals surface area contributed by atoms with Crippen LogP contribution in [0.5, 0.6) is 0 Å². The number of para-hydroxylation sites is 3. The van der Waals surface area contributed by atoms with E-state index in [-0.39, 0.29) is 0 Å². The quantitative estimate of drug-likeness (QED) is 0.136. The average Bonchev–Trinajstić information content (AvgIpc) is 3.66. The predicted molar refractivity (Wildman–Crippen MR) is 250 cm³/mol. The molecule has 0 aliphatic rings. The molecule has 10 aromatic carbocycles. The van der Waals surface area contributed by atoms with Crippen LogP contribution in [0, 0.1) is 0 Å². The molecular formula is C56H39N3. The summed E-state index contributed by atoms with van der Waals surface area (Å²) in [6.07, 6.45) is 0. The van der Waals surface area contributed by atoms with E-state index in [0.717, 1.165) is 34.1 Å². The van der Waals surface area contributed by atoms with Crippen molar-refractivity contribution in [2.75, 3.05) is 9.80 Å². The maximum absolute atomic E-state index is 2.41. The number of rotatable bonds is 9. The summed E-state index contributed by atoms with van der Waals surface area (Å²) in [5.41, 5.74) is 15.0. The van der Waals surface area contributed by atoms with Crippen LogP contribution in [0.15, 0.2) is 237 Å². The van der Waals surface area contributed by atoms with Gasteiger partial charge >= 0.3 is 0 Å². The van der Waals surface area contributed by atoms with Gasteiger partial charge in [-0.25, -0.2) is 0 Å². The molecule has 0 spiro atoms. The number of aromatic nitrogens is 1. The number of anilines is 6. The molecule has 11 aromatic rings. The Kier molecular flexibility index (Phi) is 8.49. The Morgan fingerprint density at radius 1 is 0.271 bits per heavy atom. The second kappa shape index (κ2) is 14.6. The summed E-state index contributed by atoms with van der Waals surface area (Å²) in [6.45, 7) is 0. The molecule has 0 unspecified atom stereocenters. The minimum absolute atomic E-state index is 1.08. The van der Waals surface area contributed by atoms with Gasteiger partial charge in [0.25, 0.3) is 0 Å². The lowest BCUT2D eigenvalue weighted by molar-refractivity contribution is 1.18. The van der Waals surface area contributed by atoms with Crippen LogP contribution < -0.4 is 9.80 Å². The molecule has 1 heterocycles. The van der Waals surface area contributed by atoms with Gasteiger partial charge in [-0.2, -0.15) is 0 Å². The zero-order valence-electron chi connectivity index (χ0n) is 32.4. The molecule has 0 aliphatic heterocycles. The second-order valence-electron chi connectivity index (χ2n) is 15.0. The Bertz CT molecular complexity index is 3120. The third-order valence-corrected chi connectivity index (χ3v) is 11.5. The number of benzene rings is 10. The van der Waals surface area contributed by atoms with Crippen molar-refractivity contribution in [1.29, 1.82) is 0 Å². The molecule has 0 fully saturated rings. The molecule has 59 heavy (non-hydrogen) atoms. The second-order valence-corrected chi connectivity index (χ2v) is 15.0. The van der Waals surface area contributed by atoms with Crippen LogP contribution in [0.3, 0.4) is 0 Å². The van der Waals surface area contributed by atoms with Crippen molar-refractivity contribution in [2.24, 2.45) is 0 Å². The first-order valence-corrected chi connectivity index (χ1v) is 20.2. The summed E-state index contributed by atoms with van der Waals surface area (Å²) in [5.74, 6) is 0. The minimum atomic E-state index is 1.08. The van der Waals surface area contributed by atoms with Crippen molar-refractivity contribution in [3.63, 3.8) is 0 Å². The van der Waals surface area contributed by atoms with Crippen LogP contribution in [0.1, 0.15) is 0 Å². The molecule has 0 atom stereocenters. The number of hydrogen-bond acceptors (Lipinski definition) is 2. The maximum Gasteiger partial charge on any atom is 0.0547 e. The van der Waals surface area contributed by atoms with Crippen LogP contribution in [0.4, 0.5) is 34.1 Å². The standard InChI is InChI=1S/C56H39N3/c1-5-14-40(15-6-1)41-24-29-47(30-25-41)58(50-35-33-49(34-36-50)57(44-17-7-2-8-18-44)45-19-9-3-10-20-45)48-31-26-42(27-32-48)51-38-39-54-56-52(51)37-28-43-16-13-23-53(55(43)56)59(54)46-21-11-4-12-22-46/h1-39H. The first kappa shape index (κ1) is 34.4. The van der Waals surface area contributed by atoms with Crippen molar-refractivity contribution in [2.45, 2.75) is 0 Å². The van der Waals surface area contributed by atoms with E-state index in [4.69, 9.17) is 0 Å². The summed E-state index contributed by atoms with van der Waals surface area (Å²) in [6, 6.07) is 85.1. The van der Waals surface area contributed by atoms with E-state index >= 15 is 0 Å². The lowest BCUT2D eigenvalue weighted by atomic mass is 9.94. The van der Waals surface area contributed by atoms with E-state index in [1.165, 1.54) is 60.5 Å². The van der Waals surface area contributed by atoms with Gasteiger partial charge in [0.15, 0.2) is 0 Å². The van der Waals surface area contributed by atoms with Crippen molar-refractivity contribution in [1.82, 2.24) is 4.57 Å². The average molecular weight is 754 g/mol. The van der Waals surface area contributed by atoms with E-state index in [9.17, 15) is 0 Å². The lowest BCUT2D eigenvalue weighted by Gasteiger charge is -2.28. The number of nitrogens with zero attached hydrogens (tertiary/aromatic N) is 3. The molecule has 0 bridgehead atoms. The normalized spacial score (nSPS) is 11.4. The van der Waals surface area contributed by atoms with Gasteiger partial charge in [0, 0.05) is 50.6 Å². The molecule has 0 saturated heterocycles. The summed E-state index contributed by atoms with van der Waals surface area (Å²) in [5, 5.41) is 5.15. The van der Waals surface area contributed by atoms with Gasteiger partial charge in [0.1, 0.15) is 0 Å². The Balaban J connectivity index is 1.01. The largest absolute Gasteiger partial charge is 0.311 e. The molecule has 278 valence electrons. The Labute approximate surface area is 344 Å². The Morgan fingerprint density at radius 3 is 1.27 bits per heavy atom. The van der Waals surface area contributed by atoms with E-state index in [1.807, 2.05) is 0 Å². The first-order valence-electron chi connectivity index (χ1n) is 20.2. The lowest BCUT2D eigenvalue weighted by Crippen LogP contribution is -2.12. The SMILES string of the molecule is c1ccc(-c2ccc(N(c3ccc(-c4ccc5c6c4ccc4cccc(c46)n5-c4ccccc4)cc3)c3ccc(N(c4ccccc4)c4ccccc4)cc3)cc2)cc1. The highest BCUT2D eigenvalue weighted by Gasteiger charge is 2.20. The van der Waals surface area contributed by atoms with Gasteiger partial charge in [-0.3, -0.25) is 0 Å². The third-order valence-electron chi connectivity index (χ3n) is 11.5. The van der Waals surface area contributed by atoms with E-state index in [2.05, 4.69) is 251 Å². The molecule has 3 nitrogen and oxygen atoms in total. The monoisotopic (exact) mass is 753 g/mol. The molecule has 0 aliphatic carbocycles. The summed E-state index contributed by atoms with van der Waals surface area (Å²) in [7, 11) is 0. The van der Waals surface area contributed by atoms with Crippen LogP contribution in [0.2, 0.25) is 0 Å². The first-order chi connectivity index (χ1) is 29.3. The molecule has 11 rings (SSSR count). The smallest absolute Gasteiger partial charge is 0.0547 e. The fraction of sp³-hybridized carbons (Fsp3) is 0. The van der Waals surface area contributed by atoms with Crippen molar-refractivity contribution < 1.29 is 0 Å². The van der Waals surface area contributed by atoms with Gasteiger partial charge in [0.2, 0.25) is 0 Å². The highest BCUT2D eigenvalue weighted by atomic mass is 15.2. The van der Waals surface area contributed by atoms with Gasteiger partial charge in [-0.1, -0.05) is 140 Å². The Morgan fingerprint density at radius 2 is 0.712 bits per heavy atom. The van der Waals surface area contributed by atoms with Gasteiger partial charge in [-0.15, -0.1) is 0 Å². The minimum Gasteiger partial charge on any atom is -0.311 e. The van der Waals surface area contributed by atoms with Gasteiger partial charge < -0.3 is 14.4 Å². The van der Waals surface area contributed by atoms with E-state index in [0.29, 0.717) is 0 Å².